The maximum Gasteiger partial charge on any atom is 0.410 e. The van der Waals surface area contributed by atoms with Gasteiger partial charge in [0.05, 0.1) is 22.8 Å². The average Bonchev–Trinajstić information content (AvgIpc) is 3.40. The van der Waals surface area contributed by atoms with Gasteiger partial charge in [-0.15, -0.1) is 0 Å². The lowest BCUT2D eigenvalue weighted by molar-refractivity contribution is -0.135. The Kier molecular flexibility index (Phi) is 4.80. The first-order valence-corrected chi connectivity index (χ1v) is 11.3. The van der Waals surface area contributed by atoms with E-state index in [2.05, 4.69) is 10.2 Å². The smallest absolute Gasteiger partial charge is 0.410 e. The van der Waals surface area contributed by atoms with Gasteiger partial charge < -0.3 is 14.5 Å². The van der Waals surface area contributed by atoms with Crippen molar-refractivity contribution in [3.8, 4) is 0 Å². The van der Waals surface area contributed by atoms with E-state index in [0.29, 0.717) is 25.0 Å². The highest BCUT2D eigenvalue weighted by molar-refractivity contribution is 6.00. The number of carbonyl (C=O) groups excluding carboxylic acids is 3. The number of rotatable bonds is 2. The van der Waals surface area contributed by atoms with Crippen LogP contribution >= 0.6 is 0 Å². The van der Waals surface area contributed by atoms with Gasteiger partial charge >= 0.3 is 11.8 Å². The van der Waals surface area contributed by atoms with Gasteiger partial charge in [-0.05, 0) is 45.7 Å². The second kappa shape index (κ2) is 7.36. The van der Waals surface area contributed by atoms with Crippen LogP contribution in [0, 0.1) is 0 Å². The summed E-state index contributed by atoms with van der Waals surface area (Å²) in [4.78, 5) is 53.9. The zero-order valence-electron chi connectivity index (χ0n) is 19.3. The number of benzene rings is 1. The van der Waals surface area contributed by atoms with Crippen molar-refractivity contribution in [1.82, 2.24) is 19.4 Å². The van der Waals surface area contributed by atoms with Crippen LogP contribution in [0.2, 0.25) is 0 Å². The predicted octanol–water partition coefficient (Wildman–Crippen LogP) is 1.52. The van der Waals surface area contributed by atoms with E-state index in [-0.39, 0.29) is 36.2 Å². The van der Waals surface area contributed by atoms with E-state index in [9.17, 15) is 19.2 Å². The molecule has 0 aliphatic carbocycles. The van der Waals surface area contributed by atoms with Gasteiger partial charge in [-0.25, -0.2) is 9.59 Å². The zero-order chi connectivity index (χ0) is 23.7. The number of aryl methyl sites for hydroxylation is 1. The largest absolute Gasteiger partial charge is 0.444 e. The molecule has 10 heteroatoms. The van der Waals surface area contributed by atoms with Gasteiger partial charge in [0, 0.05) is 32.6 Å². The van der Waals surface area contributed by atoms with Gasteiger partial charge in [0.25, 0.3) is 0 Å². The molecule has 1 N–H and O–H groups in total. The minimum atomic E-state index is -0.716. The molecule has 0 spiro atoms. The molecule has 1 aromatic heterocycles. The molecule has 3 atom stereocenters. The molecule has 5 rings (SSSR count). The van der Waals surface area contributed by atoms with E-state index in [0.717, 1.165) is 17.6 Å². The monoisotopic (exact) mass is 455 g/mol. The van der Waals surface area contributed by atoms with E-state index >= 15 is 0 Å². The van der Waals surface area contributed by atoms with Crippen LogP contribution in [-0.2, 0) is 21.4 Å². The molecule has 176 valence electrons. The molecule has 3 aliphatic heterocycles. The number of hydrogen-bond donors (Lipinski definition) is 1. The number of fused-ring (bicyclic) bond motifs is 3. The van der Waals surface area contributed by atoms with Crippen LogP contribution in [0.5, 0.6) is 0 Å². The summed E-state index contributed by atoms with van der Waals surface area (Å²) in [5.74, 6) is -0.757. The second-order valence-electron chi connectivity index (χ2n) is 10.2. The van der Waals surface area contributed by atoms with Crippen LogP contribution in [0.25, 0.3) is 11.0 Å². The van der Waals surface area contributed by atoms with Crippen molar-refractivity contribution < 1.29 is 19.1 Å². The molecule has 2 bridgehead atoms. The normalized spacial score (nSPS) is 25.2. The quantitative estimate of drug-likeness (QED) is 0.689. The molecule has 0 unspecified atom stereocenters. The van der Waals surface area contributed by atoms with Crippen molar-refractivity contribution in [2.75, 3.05) is 18.0 Å². The minimum absolute atomic E-state index is 0.0503. The molecule has 3 fully saturated rings. The fraction of sp³-hybridized carbons (Fsp3) is 0.565. The number of ether oxygens (including phenoxy) is 1. The van der Waals surface area contributed by atoms with E-state index in [1.54, 1.807) is 16.5 Å². The number of para-hydroxylation sites is 1. The molecule has 3 saturated heterocycles. The summed E-state index contributed by atoms with van der Waals surface area (Å²) >= 11 is 0. The lowest BCUT2D eigenvalue weighted by Gasteiger charge is -2.36. The third-order valence-electron chi connectivity index (χ3n) is 6.78. The van der Waals surface area contributed by atoms with Gasteiger partial charge in [-0.2, -0.15) is 0 Å². The Hall–Kier alpha value is -3.30. The zero-order valence-corrected chi connectivity index (χ0v) is 19.3. The Morgan fingerprint density at radius 3 is 2.52 bits per heavy atom. The number of hydrogen-bond acceptors (Lipinski definition) is 6. The van der Waals surface area contributed by atoms with Crippen LogP contribution in [0.4, 0.5) is 10.5 Å². The van der Waals surface area contributed by atoms with Crippen LogP contribution < -0.4 is 15.9 Å². The van der Waals surface area contributed by atoms with Gasteiger partial charge in [-0.1, -0.05) is 6.07 Å². The Labute approximate surface area is 191 Å². The van der Waals surface area contributed by atoms with Gasteiger partial charge in [0.15, 0.2) is 0 Å². The molecule has 10 nitrogen and oxygen atoms in total. The summed E-state index contributed by atoms with van der Waals surface area (Å²) in [7, 11) is 1.71. The van der Waals surface area contributed by atoms with Gasteiger partial charge in [-0.3, -0.25) is 24.0 Å². The number of anilines is 1. The SMILES string of the molecule is Cn1c(=O)n([C@@H]2CCC(=O)NC2=O)c2cccc(N3C[C@H]4C[C@@H]3CN4C(=O)OC(C)(C)C)c21. The van der Waals surface area contributed by atoms with Crippen molar-refractivity contribution in [3.63, 3.8) is 0 Å². The van der Waals surface area contributed by atoms with Crippen LogP contribution in [0.1, 0.15) is 46.1 Å². The Morgan fingerprint density at radius 1 is 1.12 bits per heavy atom. The summed E-state index contributed by atoms with van der Waals surface area (Å²) in [6, 6.07) is 5.17. The lowest BCUT2D eigenvalue weighted by Crippen LogP contribution is -2.50. The summed E-state index contributed by atoms with van der Waals surface area (Å²) in [6.07, 6.45) is 1.06. The number of imidazole rings is 1. The molecule has 0 saturated carbocycles. The number of nitrogens with one attached hydrogen (secondary N) is 1. The summed E-state index contributed by atoms with van der Waals surface area (Å²) in [5, 5.41) is 2.35. The van der Waals surface area contributed by atoms with Gasteiger partial charge in [0.1, 0.15) is 11.6 Å². The van der Waals surface area contributed by atoms with E-state index in [4.69, 9.17) is 4.74 Å². The van der Waals surface area contributed by atoms with Gasteiger partial charge in [0.2, 0.25) is 11.8 Å². The van der Waals surface area contributed by atoms with Crippen molar-refractivity contribution in [2.24, 2.45) is 7.05 Å². The summed E-state index contributed by atoms with van der Waals surface area (Å²) < 4.78 is 8.64. The minimum Gasteiger partial charge on any atom is -0.444 e. The first-order valence-electron chi connectivity index (χ1n) is 11.3. The highest BCUT2D eigenvalue weighted by atomic mass is 16.6. The van der Waals surface area contributed by atoms with Crippen LogP contribution in [-0.4, -0.2) is 62.7 Å². The van der Waals surface area contributed by atoms with E-state index in [1.165, 1.54) is 4.57 Å². The first kappa shape index (κ1) is 21.5. The fourth-order valence-electron chi connectivity index (χ4n) is 5.39. The Balaban J connectivity index is 1.47. The fourth-order valence-corrected chi connectivity index (χ4v) is 5.39. The topological polar surface area (TPSA) is 106 Å². The maximum atomic E-state index is 13.2. The lowest BCUT2D eigenvalue weighted by atomic mass is 10.1. The molecule has 3 amide bonds. The third kappa shape index (κ3) is 3.48. The summed E-state index contributed by atoms with van der Waals surface area (Å²) in [6.45, 7) is 6.80. The molecular weight excluding hydrogens is 426 g/mol. The highest BCUT2D eigenvalue weighted by Crippen LogP contribution is 2.38. The second-order valence-corrected chi connectivity index (χ2v) is 10.2. The molecule has 2 aromatic rings. The number of carbonyl (C=O) groups is 3. The standard InChI is InChI=1S/C23H29N5O5/c1-23(2,3)33-22(32)27-12-13-10-14(27)11-26(13)15-6-5-7-16-19(15)25(4)21(31)28(16)17-8-9-18(29)24-20(17)30/h5-7,13-14,17H,8-12H2,1-4H3,(H,24,29,30)/t13-,14-,17-/m1/s1. The highest BCUT2D eigenvalue weighted by Gasteiger charge is 2.47. The Morgan fingerprint density at radius 2 is 1.88 bits per heavy atom. The van der Waals surface area contributed by atoms with Crippen LogP contribution in [0.15, 0.2) is 23.0 Å². The number of aromatic nitrogens is 2. The number of piperidine rings is 1. The number of amides is 3. The van der Waals surface area contributed by atoms with Crippen molar-refractivity contribution in [3.05, 3.63) is 28.7 Å². The molecule has 3 aliphatic rings. The molecule has 1 aromatic carbocycles. The van der Waals surface area contributed by atoms with Crippen molar-refractivity contribution >= 4 is 34.6 Å². The third-order valence-corrected chi connectivity index (χ3v) is 6.78. The number of imide groups is 1. The van der Waals surface area contributed by atoms with Crippen molar-refractivity contribution in [2.45, 2.75) is 63.8 Å². The average molecular weight is 456 g/mol. The Bertz CT molecular complexity index is 1220. The van der Waals surface area contributed by atoms with Crippen molar-refractivity contribution in [1.29, 1.82) is 0 Å². The van der Waals surface area contributed by atoms with E-state index in [1.807, 2.05) is 39.0 Å². The number of nitrogens with zero attached hydrogens (tertiary/aromatic N) is 4. The number of piperazine rings is 1. The molecule has 33 heavy (non-hydrogen) atoms. The molecular formula is C23H29N5O5. The van der Waals surface area contributed by atoms with E-state index < -0.39 is 17.6 Å². The predicted molar refractivity (Wildman–Crippen MR) is 121 cm³/mol. The first-order chi connectivity index (χ1) is 15.5. The van der Waals surface area contributed by atoms with Crippen LogP contribution in [0.3, 0.4) is 0 Å². The molecule has 0 radical (unpaired) electrons. The molecule has 4 heterocycles. The number of likely N-dealkylation sites (tertiary alicyclic amines) is 1. The summed E-state index contributed by atoms with van der Waals surface area (Å²) in [5.41, 5.74) is 1.51. The maximum absolute atomic E-state index is 13.2.